The first kappa shape index (κ1) is 39.1. The van der Waals surface area contributed by atoms with Crippen LogP contribution in [0.5, 0.6) is 5.75 Å². The highest BCUT2D eigenvalue weighted by Crippen LogP contribution is 2.34. The summed E-state index contributed by atoms with van der Waals surface area (Å²) in [6.45, 7) is 8.33. The van der Waals surface area contributed by atoms with Crippen LogP contribution in [0, 0.1) is 12.7 Å². The highest BCUT2D eigenvalue weighted by Gasteiger charge is 2.25. The zero-order chi connectivity index (χ0) is 38.1. The normalized spacial score (nSPS) is 13.4. The molecular formula is C36H45FN8O7S. The Kier molecular flexibility index (Phi) is 13.3. The number of benzene rings is 2. The summed E-state index contributed by atoms with van der Waals surface area (Å²) >= 11 is 1.43. The summed E-state index contributed by atoms with van der Waals surface area (Å²) < 4.78 is 39.7. The Morgan fingerprint density at radius 3 is 2.47 bits per heavy atom. The Hall–Kier alpha value is -5.13. The summed E-state index contributed by atoms with van der Waals surface area (Å²) in [6.07, 6.45) is 6.33. The van der Waals surface area contributed by atoms with E-state index in [9.17, 15) is 14.4 Å². The van der Waals surface area contributed by atoms with Gasteiger partial charge in [-0.3, -0.25) is 19.7 Å². The number of halogens is 1. The van der Waals surface area contributed by atoms with Gasteiger partial charge in [0.1, 0.15) is 11.3 Å². The molecule has 2 aromatic carbocycles. The van der Waals surface area contributed by atoms with Crippen LogP contribution in [-0.2, 0) is 27.3 Å². The number of imidazole rings is 1. The number of carbonyl (C=O) groups is 3. The van der Waals surface area contributed by atoms with Gasteiger partial charge in [-0.05, 0) is 50.8 Å². The van der Waals surface area contributed by atoms with Crippen molar-refractivity contribution in [2.45, 2.75) is 38.3 Å². The van der Waals surface area contributed by atoms with Gasteiger partial charge in [-0.2, -0.15) is 5.10 Å². The van der Waals surface area contributed by atoms with Crippen LogP contribution in [0.25, 0.3) is 11.0 Å². The van der Waals surface area contributed by atoms with Crippen molar-refractivity contribution in [3.8, 4) is 5.75 Å². The minimum Gasteiger partial charge on any atom is -0.491 e. The van der Waals surface area contributed by atoms with Gasteiger partial charge in [-0.25, -0.2) is 19.0 Å². The Labute approximate surface area is 311 Å². The van der Waals surface area contributed by atoms with Gasteiger partial charge in [0.15, 0.2) is 11.5 Å². The molecule has 3 heterocycles. The molecule has 2 aromatic heterocycles. The standard InChI is InChI=1S/C36H45FN8O7S/c1-6-45-32(29(37)22(2)42-45)33(46)41-36-40-26-19-24(35(48)50-4)20-27(52-15-9-11-43-13-16-51-17-14-43)31(26)44(36)12-8-7-10-39-30-25(38)18-23(34(47)49-3)21-28(30)53-5/h7-8,18-21,39H,6,9-17,38H2,1-5H3,(H,40,41,46)/b8-7+. The molecular weight excluding hydrogens is 708 g/mol. The number of thioether (sulfide) groups is 1. The molecule has 53 heavy (non-hydrogen) atoms. The largest absolute Gasteiger partial charge is 0.491 e. The molecule has 0 aliphatic carbocycles. The van der Waals surface area contributed by atoms with E-state index < -0.39 is 23.7 Å². The van der Waals surface area contributed by atoms with Gasteiger partial charge < -0.3 is 34.6 Å². The number of nitrogen functional groups attached to an aromatic ring is 1. The number of hydrogen-bond donors (Lipinski definition) is 3. The molecule has 4 N–H and O–H groups in total. The molecule has 4 aromatic rings. The number of aromatic nitrogens is 4. The number of nitrogens with two attached hydrogens (primary N) is 1. The summed E-state index contributed by atoms with van der Waals surface area (Å²) in [5, 5.41) is 10.2. The van der Waals surface area contributed by atoms with Crippen molar-refractivity contribution in [1.29, 1.82) is 0 Å². The molecule has 0 spiro atoms. The van der Waals surface area contributed by atoms with E-state index in [1.807, 2.05) is 18.4 Å². The molecule has 17 heteroatoms. The number of fused-ring (bicyclic) bond motifs is 1. The highest BCUT2D eigenvalue weighted by atomic mass is 32.2. The number of ether oxygens (including phenoxy) is 4. The van der Waals surface area contributed by atoms with Crippen LogP contribution in [0.2, 0.25) is 0 Å². The first-order chi connectivity index (χ1) is 25.6. The van der Waals surface area contributed by atoms with Crippen molar-refractivity contribution in [2.24, 2.45) is 0 Å². The Morgan fingerprint density at radius 2 is 1.79 bits per heavy atom. The SMILES string of the molecule is CCn1nc(C)c(F)c1C(=O)Nc1nc2cc(C(=O)OC)cc(OCCCN3CCOCC3)c2n1C/C=C/CNc1c(N)cc(C(=O)OC)cc1SC. The van der Waals surface area contributed by atoms with Gasteiger partial charge in [0, 0.05) is 44.2 Å². The average molecular weight is 753 g/mol. The number of hydrogen-bond acceptors (Lipinski definition) is 13. The number of amides is 1. The summed E-state index contributed by atoms with van der Waals surface area (Å²) in [6, 6.07) is 6.43. The zero-order valence-electron chi connectivity index (χ0n) is 30.5. The number of methoxy groups -OCH3 is 2. The second-order valence-corrected chi connectivity index (χ2v) is 12.9. The van der Waals surface area contributed by atoms with Crippen LogP contribution in [-0.4, -0.2) is 109 Å². The number of nitrogens with one attached hydrogen (secondary N) is 2. The molecule has 1 fully saturated rings. The fraction of sp³-hybridized carbons (Fsp3) is 0.417. The van der Waals surface area contributed by atoms with Crippen LogP contribution in [0.4, 0.5) is 21.7 Å². The second kappa shape index (κ2) is 18.1. The van der Waals surface area contributed by atoms with E-state index in [1.165, 1.54) is 37.6 Å². The lowest BCUT2D eigenvalue weighted by atomic mass is 10.1. The van der Waals surface area contributed by atoms with Gasteiger partial charge in [-0.15, -0.1) is 11.8 Å². The van der Waals surface area contributed by atoms with Crippen LogP contribution in [0.3, 0.4) is 0 Å². The molecule has 0 saturated carbocycles. The number of anilines is 3. The molecule has 15 nitrogen and oxygen atoms in total. The molecule has 5 rings (SSSR count). The summed E-state index contributed by atoms with van der Waals surface area (Å²) in [4.78, 5) is 46.1. The van der Waals surface area contributed by atoms with Crippen molar-refractivity contribution >= 4 is 58.0 Å². The predicted octanol–water partition coefficient (Wildman–Crippen LogP) is 4.60. The first-order valence-corrected chi connectivity index (χ1v) is 18.4. The summed E-state index contributed by atoms with van der Waals surface area (Å²) in [5.74, 6) is -2.04. The molecule has 1 aliphatic rings. The molecule has 0 bridgehead atoms. The lowest BCUT2D eigenvalue weighted by Gasteiger charge is -2.26. The Morgan fingerprint density at radius 1 is 1.08 bits per heavy atom. The maximum Gasteiger partial charge on any atom is 0.338 e. The molecule has 0 atom stereocenters. The topological polar surface area (TPSA) is 177 Å². The van der Waals surface area contributed by atoms with Gasteiger partial charge in [-0.1, -0.05) is 12.2 Å². The quantitative estimate of drug-likeness (QED) is 0.0476. The van der Waals surface area contributed by atoms with Crippen molar-refractivity contribution in [3.05, 3.63) is 64.7 Å². The number of morpholine rings is 1. The average Bonchev–Trinajstić information content (AvgIpc) is 3.67. The monoisotopic (exact) mass is 752 g/mol. The predicted molar refractivity (Wildman–Crippen MR) is 201 cm³/mol. The minimum absolute atomic E-state index is 0.0987. The smallest absolute Gasteiger partial charge is 0.338 e. The molecule has 0 unspecified atom stereocenters. The molecule has 0 radical (unpaired) electrons. The third kappa shape index (κ3) is 9.09. The van der Waals surface area contributed by atoms with Gasteiger partial charge in [0.05, 0.1) is 67.8 Å². The van der Waals surface area contributed by atoms with E-state index in [0.717, 1.165) is 24.5 Å². The second-order valence-electron chi connectivity index (χ2n) is 12.0. The number of carbonyl (C=O) groups excluding carboxylic acids is 3. The fourth-order valence-corrected chi connectivity index (χ4v) is 6.60. The molecule has 1 saturated heterocycles. The number of rotatable bonds is 16. The molecule has 1 aliphatic heterocycles. The van der Waals surface area contributed by atoms with E-state index in [2.05, 4.69) is 25.6 Å². The van der Waals surface area contributed by atoms with E-state index in [-0.39, 0.29) is 36.0 Å². The highest BCUT2D eigenvalue weighted by molar-refractivity contribution is 7.98. The Bertz CT molecular complexity index is 1990. The third-order valence-electron chi connectivity index (χ3n) is 8.63. The van der Waals surface area contributed by atoms with Crippen LogP contribution < -0.4 is 21.1 Å². The number of nitrogens with zero attached hydrogens (tertiary/aromatic N) is 5. The summed E-state index contributed by atoms with van der Waals surface area (Å²) in [7, 11) is 2.60. The van der Waals surface area contributed by atoms with Gasteiger partial charge >= 0.3 is 11.9 Å². The van der Waals surface area contributed by atoms with Crippen LogP contribution in [0.15, 0.2) is 41.3 Å². The fourth-order valence-electron chi connectivity index (χ4n) is 5.96. The lowest BCUT2D eigenvalue weighted by molar-refractivity contribution is 0.0358. The zero-order valence-corrected chi connectivity index (χ0v) is 31.3. The van der Waals surface area contributed by atoms with Crippen LogP contribution >= 0.6 is 11.8 Å². The van der Waals surface area contributed by atoms with Crippen molar-refractivity contribution < 1.29 is 37.7 Å². The van der Waals surface area contributed by atoms with Crippen molar-refractivity contribution in [1.82, 2.24) is 24.2 Å². The first-order valence-electron chi connectivity index (χ1n) is 17.1. The molecule has 1 amide bonds. The van der Waals surface area contributed by atoms with Gasteiger partial charge in [0.2, 0.25) is 5.95 Å². The third-order valence-corrected chi connectivity index (χ3v) is 9.39. The van der Waals surface area contributed by atoms with E-state index in [0.29, 0.717) is 66.5 Å². The maximum atomic E-state index is 15.1. The van der Waals surface area contributed by atoms with Crippen LogP contribution in [0.1, 0.15) is 50.2 Å². The summed E-state index contributed by atoms with van der Waals surface area (Å²) in [5.41, 5.74) is 8.68. The van der Waals surface area contributed by atoms with Gasteiger partial charge in [0.25, 0.3) is 5.91 Å². The number of allylic oxidation sites excluding steroid dienone is 1. The number of esters is 2. The van der Waals surface area contributed by atoms with Crippen molar-refractivity contribution in [3.63, 3.8) is 0 Å². The van der Waals surface area contributed by atoms with E-state index in [4.69, 9.17) is 24.7 Å². The maximum absolute atomic E-state index is 15.1. The Balaban J connectivity index is 1.46. The lowest BCUT2D eigenvalue weighted by Crippen LogP contribution is -2.37. The minimum atomic E-state index is -0.733. The van der Waals surface area contributed by atoms with E-state index in [1.54, 1.807) is 35.8 Å². The van der Waals surface area contributed by atoms with Crippen molar-refractivity contribution in [2.75, 3.05) is 82.8 Å². The number of aryl methyl sites for hydroxylation is 2. The molecule has 284 valence electrons. The van der Waals surface area contributed by atoms with E-state index >= 15 is 4.39 Å².